The van der Waals surface area contributed by atoms with Gasteiger partial charge in [-0.15, -0.1) is 36.2 Å². The molecule has 0 unspecified atom stereocenters. The minimum atomic E-state index is 0. The predicted octanol–water partition coefficient (Wildman–Crippen LogP) is 6.49. The van der Waals surface area contributed by atoms with Gasteiger partial charge in [0, 0.05) is 28.0 Å². The Hall–Kier alpha value is -1.38. The highest BCUT2D eigenvalue weighted by atomic mass is 79.9. The minimum Gasteiger partial charge on any atom is -0.453 e. The molecule has 0 bridgehead atoms. The van der Waals surface area contributed by atoms with Gasteiger partial charge in [0.2, 0.25) is 0 Å². The van der Waals surface area contributed by atoms with Crippen molar-refractivity contribution in [3.63, 3.8) is 0 Å². The molecule has 0 radical (unpaired) electrons. The van der Waals surface area contributed by atoms with Crippen LogP contribution in [0.4, 0.5) is 10.9 Å². The molecular formula is C20H23BrCl2N4OS. The number of halogens is 3. The van der Waals surface area contributed by atoms with Crippen LogP contribution in [-0.2, 0) is 0 Å². The zero-order chi connectivity index (χ0) is 18.6. The fraction of sp³-hybridized carbons (Fsp3) is 0.300. The van der Waals surface area contributed by atoms with Crippen LogP contribution in [0.1, 0.15) is 24.5 Å². The van der Waals surface area contributed by atoms with E-state index in [1.165, 1.54) is 18.5 Å². The van der Waals surface area contributed by atoms with Gasteiger partial charge in [-0.3, -0.25) is 0 Å². The lowest BCUT2D eigenvalue weighted by molar-refractivity contribution is 0.254. The molecule has 1 fully saturated rings. The topological polar surface area (TPSA) is 50.3 Å². The van der Waals surface area contributed by atoms with Gasteiger partial charge in [-0.2, -0.15) is 0 Å². The number of ether oxygens (including phenoxy) is 1. The third-order valence-corrected chi connectivity index (χ3v) is 5.88. The lowest BCUT2D eigenvalue weighted by atomic mass is 9.95. The number of piperidine rings is 1. The predicted molar refractivity (Wildman–Crippen MR) is 128 cm³/mol. The number of anilines is 2. The molecule has 2 aromatic heterocycles. The molecule has 5 nitrogen and oxygen atoms in total. The average Bonchev–Trinajstić information content (AvgIpc) is 3.14. The fourth-order valence-corrected chi connectivity index (χ4v) is 4.25. The van der Waals surface area contributed by atoms with E-state index in [0.29, 0.717) is 17.5 Å². The van der Waals surface area contributed by atoms with E-state index in [4.69, 9.17) is 9.72 Å². The average molecular weight is 518 g/mol. The summed E-state index contributed by atoms with van der Waals surface area (Å²) in [7, 11) is 2.18. The smallest absolute Gasteiger partial charge is 0.188 e. The lowest BCUT2D eigenvalue weighted by Gasteiger charge is -2.27. The number of nitrogens with one attached hydrogen (secondary N) is 1. The molecule has 4 rings (SSSR count). The molecule has 9 heteroatoms. The van der Waals surface area contributed by atoms with E-state index < -0.39 is 0 Å². The van der Waals surface area contributed by atoms with Gasteiger partial charge in [-0.1, -0.05) is 18.2 Å². The van der Waals surface area contributed by atoms with Gasteiger partial charge >= 0.3 is 0 Å². The van der Waals surface area contributed by atoms with E-state index in [1.54, 1.807) is 17.5 Å². The molecule has 0 spiro atoms. The van der Waals surface area contributed by atoms with Crippen molar-refractivity contribution < 1.29 is 4.74 Å². The first kappa shape index (κ1) is 23.9. The first-order valence-electron chi connectivity index (χ1n) is 8.97. The molecule has 29 heavy (non-hydrogen) atoms. The number of pyridine rings is 1. The number of likely N-dealkylation sites (tertiary alicyclic amines) is 1. The summed E-state index contributed by atoms with van der Waals surface area (Å²) < 4.78 is 6.88. The van der Waals surface area contributed by atoms with E-state index >= 15 is 0 Å². The molecule has 0 atom stereocenters. The van der Waals surface area contributed by atoms with Gasteiger partial charge in [0.15, 0.2) is 16.7 Å². The van der Waals surface area contributed by atoms with Crippen LogP contribution < -0.4 is 10.1 Å². The van der Waals surface area contributed by atoms with Gasteiger partial charge in [-0.25, -0.2) is 9.97 Å². The minimum absolute atomic E-state index is 0. The van der Waals surface area contributed by atoms with Crippen LogP contribution in [0.5, 0.6) is 11.5 Å². The number of rotatable bonds is 5. The molecule has 3 aromatic rings. The van der Waals surface area contributed by atoms with Crippen LogP contribution in [0.25, 0.3) is 0 Å². The van der Waals surface area contributed by atoms with Crippen LogP contribution in [0.2, 0.25) is 0 Å². The van der Waals surface area contributed by atoms with Crippen molar-refractivity contribution in [2.75, 3.05) is 25.5 Å². The zero-order valence-electron chi connectivity index (χ0n) is 15.9. The Morgan fingerprint density at radius 1 is 1.17 bits per heavy atom. The summed E-state index contributed by atoms with van der Waals surface area (Å²) in [5.74, 6) is 2.63. The SMILES string of the molecule is CN1CCC(c2csc(Nc3ncc(Br)cc3Oc3ccccc3)n2)CC1.Cl.Cl. The number of hydrogen-bond donors (Lipinski definition) is 1. The van der Waals surface area contributed by atoms with E-state index in [9.17, 15) is 0 Å². The molecule has 1 aliphatic rings. The Morgan fingerprint density at radius 3 is 2.62 bits per heavy atom. The molecule has 156 valence electrons. The van der Waals surface area contributed by atoms with Gasteiger partial charge in [-0.05, 0) is 61.0 Å². The Morgan fingerprint density at radius 2 is 1.90 bits per heavy atom. The van der Waals surface area contributed by atoms with Crippen LogP contribution in [0.3, 0.4) is 0 Å². The molecule has 1 aliphatic heterocycles. The number of thiazole rings is 1. The maximum absolute atomic E-state index is 6.01. The quantitative estimate of drug-likeness (QED) is 0.419. The lowest BCUT2D eigenvalue weighted by Crippen LogP contribution is -2.29. The van der Waals surface area contributed by atoms with Crippen molar-refractivity contribution in [1.29, 1.82) is 0 Å². The zero-order valence-corrected chi connectivity index (χ0v) is 19.9. The normalized spacial score (nSPS) is 14.6. The van der Waals surface area contributed by atoms with E-state index in [1.807, 2.05) is 36.4 Å². The van der Waals surface area contributed by atoms with Crippen LogP contribution >= 0.6 is 52.1 Å². The Bertz CT molecular complexity index is 905. The van der Waals surface area contributed by atoms with Crippen molar-refractivity contribution in [3.8, 4) is 11.5 Å². The van der Waals surface area contributed by atoms with Crippen LogP contribution in [-0.4, -0.2) is 35.0 Å². The Balaban J connectivity index is 0.00000150. The van der Waals surface area contributed by atoms with E-state index in [2.05, 4.69) is 43.6 Å². The standard InChI is InChI=1S/C20H21BrN4OS.2ClH/c1-25-9-7-14(8-10-25)17-13-27-20(23-17)24-19-18(11-15(21)12-22-19)26-16-5-3-2-4-6-16;;/h2-6,11-14H,7-10H2,1H3,(H,22,23,24);2*1H. The van der Waals surface area contributed by atoms with Crippen LogP contribution in [0, 0.1) is 0 Å². The monoisotopic (exact) mass is 516 g/mol. The molecule has 0 saturated carbocycles. The number of hydrogen-bond acceptors (Lipinski definition) is 6. The Kier molecular flexibility index (Phi) is 9.17. The van der Waals surface area contributed by atoms with Crippen LogP contribution in [0.15, 0.2) is 52.4 Å². The molecule has 1 aromatic carbocycles. The number of para-hydroxylation sites is 1. The van der Waals surface area contributed by atoms with Gasteiger partial charge in [0.25, 0.3) is 0 Å². The summed E-state index contributed by atoms with van der Waals surface area (Å²) >= 11 is 5.08. The third-order valence-electron chi connectivity index (χ3n) is 4.67. The second-order valence-corrected chi connectivity index (χ2v) is 8.47. The maximum Gasteiger partial charge on any atom is 0.188 e. The molecule has 1 N–H and O–H groups in total. The van der Waals surface area contributed by atoms with Gasteiger partial charge in [0.05, 0.1) is 5.69 Å². The van der Waals surface area contributed by atoms with Gasteiger partial charge < -0.3 is 15.0 Å². The highest BCUT2D eigenvalue weighted by Crippen LogP contribution is 2.35. The van der Waals surface area contributed by atoms with E-state index in [-0.39, 0.29) is 24.8 Å². The largest absolute Gasteiger partial charge is 0.453 e. The summed E-state index contributed by atoms with van der Waals surface area (Å²) in [5.41, 5.74) is 1.18. The number of aromatic nitrogens is 2. The first-order chi connectivity index (χ1) is 13.2. The summed E-state index contributed by atoms with van der Waals surface area (Å²) in [5, 5.41) is 6.33. The molecule has 3 heterocycles. The fourth-order valence-electron chi connectivity index (χ4n) is 3.14. The summed E-state index contributed by atoms with van der Waals surface area (Å²) in [6, 6.07) is 11.6. The summed E-state index contributed by atoms with van der Waals surface area (Å²) in [4.78, 5) is 11.7. The molecular weight excluding hydrogens is 495 g/mol. The van der Waals surface area contributed by atoms with Crippen molar-refractivity contribution >= 4 is 63.0 Å². The second kappa shape index (κ2) is 11.1. The molecule has 0 amide bonds. The third kappa shape index (κ3) is 6.30. The number of benzene rings is 1. The summed E-state index contributed by atoms with van der Waals surface area (Å²) in [6.07, 6.45) is 4.09. The summed E-state index contributed by atoms with van der Waals surface area (Å²) in [6.45, 7) is 2.27. The highest BCUT2D eigenvalue weighted by molar-refractivity contribution is 9.10. The molecule has 0 aliphatic carbocycles. The molecule has 1 saturated heterocycles. The van der Waals surface area contributed by atoms with Crippen molar-refractivity contribution in [2.45, 2.75) is 18.8 Å². The van der Waals surface area contributed by atoms with Crippen molar-refractivity contribution in [1.82, 2.24) is 14.9 Å². The Labute approximate surface area is 195 Å². The highest BCUT2D eigenvalue weighted by Gasteiger charge is 2.21. The second-order valence-electron chi connectivity index (χ2n) is 6.70. The van der Waals surface area contributed by atoms with Gasteiger partial charge in [0.1, 0.15) is 5.75 Å². The maximum atomic E-state index is 6.01. The van der Waals surface area contributed by atoms with Crippen molar-refractivity contribution in [3.05, 3.63) is 58.1 Å². The number of nitrogens with zero attached hydrogens (tertiary/aromatic N) is 3. The first-order valence-corrected chi connectivity index (χ1v) is 10.6. The van der Waals surface area contributed by atoms with Crippen molar-refractivity contribution in [2.24, 2.45) is 0 Å². The van der Waals surface area contributed by atoms with E-state index in [0.717, 1.165) is 28.4 Å².